The Morgan fingerprint density at radius 3 is 0.673 bits per heavy atom. The van der Waals surface area contributed by atoms with E-state index in [1.165, 1.54) is 283 Å². The molecule has 1 aliphatic carbocycles. The van der Waals surface area contributed by atoms with Gasteiger partial charge in [-0.05, 0) is 71.1 Å². The van der Waals surface area contributed by atoms with Gasteiger partial charge in [0.05, 0.1) is 0 Å². The molecule has 1 fully saturated rings. The SMILES string of the molecule is CCCCCCCCCCCCCCN(CC)[C@H]1CC[C@@H](N(CCCCCCCCCCCCCC)CCCCCCCCCCCCCC)CC1. The molecule has 2 heteroatoms. The molecular formula is C50H102N2. The van der Waals surface area contributed by atoms with E-state index < -0.39 is 0 Å². The Labute approximate surface area is 331 Å². The van der Waals surface area contributed by atoms with E-state index in [9.17, 15) is 0 Å². The summed E-state index contributed by atoms with van der Waals surface area (Å²) in [7, 11) is 0. The first-order chi connectivity index (χ1) is 25.8. The van der Waals surface area contributed by atoms with Gasteiger partial charge in [0.25, 0.3) is 0 Å². The van der Waals surface area contributed by atoms with Crippen molar-refractivity contribution in [1.82, 2.24) is 9.80 Å². The van der Waals surface area contributed by atoms with Gasteiger partial charge in [-0.1, -0.05) is 240 Å². The van der Waals surface area contributed by atoms with Crippen LogP contribution in [0.2, 0.25) is 0 Å². The highest BCUT2D eigenvalue weighted by molar-refractivity contribution is 4.84. The van der Waals surface area contributed by atoms with Gasteiger partial charge < -0.3 is 9.80 Å². The molecule has 52 heavy (non-hydrogen) atoms. The Morgan fingerprint density at radius 1 is 0.250 bits per heavy atom. The average Bonchev–Trinajstić information content (AvgIpc) is 3.17. The lowest BCUT2D eigenvalue weighted by Gasteiger charge is -2.41. The number of unbranched alkanes of at least 4 members (excludes halogenated alkanes) is 33. The van der Waals surface area contributed by atoms with Crippen molar-refractivity contribution >= 4 is 0 Å². The molecule has 0 heterocycles. The molecule has 0 aromatic carbocycles. The fourth-order valence-electron chi connectivity index (χ4n) is 9.33. The van der Waals surface area contributed by atoms with E-state index in [-0.39, 0.29) is 0 Å². The largest absolute Gasteiger partial charge is 0.301 e. The van der Waals surface area contributed by atoms with Gasteiger partial charge in [0.1, 0.15) is 0 Å². The maximum Gasteiger partial charge on any atom is 0.00964 e. The zero-order valence-electron chi connectivity index (χ0n) is 37.2. The van der Waals surface area contributed by atoms with Crippen LogP contribution >= 0.6 is 0 Å². The Kier molecular flexibility index (Phi) is 39.0. The molecule has 1 aliphatic rings. The summed E-state index contributed by atoms with van der Waals surface area (Å²) in [5.41, 5.74) is 0. The van der Waals surface area contributed by atoms with Crippen LogP contribution in [0.15, 0.2) is 0 Å². The van der Waals surface area contributed by atoms with Gasteiger partial charge >= 0.3 is 0 Å². The van der Waals surface area contributed by atoms with Crippen LogP contribution in [0.5, 0.6) is 0 Å². The lowest BCUT2D eigenvalue weighted by molar-refractivity contribution is 0.0935. The van der Waals surface area contributed by atoms with Gasteiger partial charge in [0.2, 0.25) is 0 Å². The van der Waals surface area contributed by atoms with E-state index in [1.807, 2.05) is 0 Å². The summed E-state index contributed by atoms with van der Waals surface area (Å²) >= 11 is 0. The van der Waals surface area contributed by atoms with Gasteiger partial charge in [0.15, 0.2) is 0 Å². The van der Waals surface area contributed by atoms with Crippen molar-refractivity contribution in [3.8, 4) is 0 Å². The topological polar surface area (TPSA) is 6.48 Å². The maximum absolute atomic E-state index is 3.00. The normalized spacial score (nSPS) is 16.5. The fraction of sp³-hybridized carbons (Fsp3) is 1.00. The van der Waals surface area contributed by atoms with E-state index in [0.29, 0.717) is 0 Å². The highest BCUT2D eigenvalue weighted by atomic mass is 15.2. The monoisotopic (exact) mass is 731 g/mol. The van der Waals surface area contributed by atoms with Gasteiger partial charge in [-0.2, -0.15) is 0 Å². The van der Waals surface area contributed by atoms with E-state index in [1.54, 1.807) is 0 Å². The molecule has 0 spiro atoms. The third-order valence-electron chi connectivity index (χ3n) is 13.0. The summed E-state index contributed by atoms with van der Waals surface area (Å²) < 4.78 is 0. The van der Waals surface area contributed by atoms with Crippen LogP contribution in [-0.4, -0.2) is 48.1 Å². The predicted octanol–water partition coefficient (Wildman–Crippen LogP) is 17.0. The third-order valence-corrected chi connectivity index (χ3v) is 13.0. The number of hydrogen-bond acceptors (Lipinski definition) is 2. The van der Waals surface area contributed by atoms with Gasteiger partial charge in [0, 0.05) is 12.1 Å². The van der Waals surface area contributed by atoms with Crippen molar-refractivity contribution in [2.24, 2.45) is 0 Å². The van der Waals surface area contributed by atoms with Crippen LogP contribution in [-0.2, 0) is 0 Å². The van der Waals surface area contributed by atoms with E-state index in [0.717, 1.165) is 12.1 Å². The predicted molar refractivity (Wildman–Crippen MR) is 238 cm³/mol. The van der Waals surface area contributed by atoms with Crippen molar-refractivity contribution in [3.05, 3.63) is 0 Å². The molecule has 1 saturated carbocycles. The molecule has 0 aliphatic heterocycles. The summed E-state index contributed by atoms with van der Waals surface area (Å²) in [6, 6.07) is 1.72. The van der Waals surface area contributed by atoms with Crippen molar-refractivity contribution in [3.63, 3.8) is 0 Å². The number of nitrogens with zero attached hydrogens (tertiary/aromatic N) is 2. The van der Waals surface area contributed by atoms with Crippen LogP contribution in [0.3, 0.4) is 0 Å². The molecule has 0 bridgehead atoms. The smallest absolute Gasteiger partial charge is 0.00964 e. The lowest BCUT2D eigenvalue weighted by atomic mass is 9.88. The molecule has 312 valence electrons. The Bertz CT molecular complexity index is 627. The third kappa shape index (κ3) is 31.2. The van der Waals surface area contributed by atoms with Crippen LogP contribution in [0.1, 0.15) is 285 Å². The van der Waals surface area contributed by atoms with Gasteiger partial charge in [-0.25, -0.2) is 0 Å². The van der Waals surface area contributed by atoms with E-state index >= 15 is 0 Å². The summed E-state index contributed by atoms with van der Waals surface area (Å²) in [6.45, 7) is 14.8. The lowest BCUT2D eigenvalue weighted by Crippen LogP contribution is -2.45. The first-order valence-corrected chi connectivity index (χ1v) is 25.2. The second-order valence-electron chi connectivity index (χ2n) is 17.8. The van der Waals surface area contributed by atoms with E-state index in [4.69, 9.17) is 0 Å². The van der Waals surface area contributed by atoms with Crippen LogP contribution in [0.25, 0.3) is 0 Å². The quantitative estimate of drug-likeness (QED) is 0.0577. The molecule has 0 saturated heterocycles. The van der Waals surface area contributed by atoms with Crippen molar-refractivity contribution < 1.29 is 0 Å². The Hall–Kier alpha value is -0.0800. The first kappa shape index (κ1) is 49.9. The molecule has 0 amide bonds. The van der Waals surface area contributed by atoms with Gasteiger partial charge in [-0.15, -0.1) is 0 Å². The molecule has 0 radical (unpaired) electrons. The average molecular weight is 731 g/mol. The molecule has 0 aromatic heterocycles. The van der Waals surface area contributed by atoms with Crippen LogP contribution in [0.4, 0.5) is 0 Å². The highest BCUT2D eigenvalue weighted by Gasteiger charge is 2.28. The van der Waals surface area contributed by atoms with Crippen molar-refractivity contribution in [1.29, 1.82) is 0 Å². The number of rotatable bonds is 42. The fourth-order valence-corrected chi connectivity index (χ4v) is 9.33. The highest BCUT2D eigenvalue weighted by Crippen LogP contribution is 2.28. The van der Waals surface area contributed by atoms with Gasteiger partial charge in [-0.3, -0.25) is 0 Å². The minimum absolute atomic E-state index is 0.856. The summed E-state index contributed by atoms with van der Waals surface area (Å²) in [4.78, 5) is 5.89. The summed E-state index contributed by atoms with van der Waals surface area (Å²) in [6.07, 6.45) is 58.3. The van der Waals surface area contributed by atoms with Crippen LogP contribution in [0, 0.1) is 0 Å². The molecular weight excluding hydrogens is 629 g/mol. The van der Waals surface area contributed by atoms with Crippen molar-refractivity contribution in [2.45, 2.75) is 297 Å². The second kappa shape index (κ2) is 40.6. The molecule has 1 rings (SSSR count). The summed E-state index contributed by atoms with van der Waals surface area (Å²) in [5.74, 6) is 0. The molecule has 0 unspecified atom stereocenters. The number of hydrogen-bond donors (Lipinski definition) is 0. The zero-order valence-corrected chi connectivity index (χ0v) is 37.2. The minimum Gasteiger partial charge on any atom is -0.301 e. The second-order valence-corrected chi connectivity index (χ2v) is 17.8. The van der Waals surface area contributed by atoms with Crippen LogP contribution < -0.4 is 0 Å². The zero-order chi connectivity index (χ0) is 37.4. The summed E-state index contributed by atoms with van der Waals surface area (Å²) in [5, 5.41) is 0. The Balaban J connectivity index is 2.30. The molecule has 2 nitrogen and oxygen atoms in total. The first-order valence-electron chi connectivity index (χ1n) is 25.2. The molecule has 0 atom stereocenters. The maximum atomic E-state index is 3.00. The van der Waals surface area contributed by atoms with E-state index in [2.05, 4.69) is 37.5 Å². The Morgan fingerprint density at radius 2 is 0.442 bits per heavy atom. The minimum atomic E-state index is 0.856. The standard InChI is InChI=1S/C50H102N2/c1-5-9-12-15-18-21-24-27-30-33-36-39-46-51(8-4)49-42-44-50(45-43-49)52(47-40-37-34-31-28-25-22-19-16-13-10-6-2)48-41-38-35-32-29-26-23-20-17-14-11-7-3/h49-50H,5-48H2,1-4H3/t49-,50+. The molecule has 0 aromatic rings. The van der Waals surface area contributed by atoms with Crippen molar-refractivity contribution in [2.75, 3.05) is 26.2 Å². The molecule has 0 N–H and O–H groups in total.